The minimum atomic E-state index is -0.423. The highest BCUT2D eigenvalue weighted by Crippen LogP contribution is 2.14. The molecule has 0 spiro atoms. The zero-order valence-electron chi connectivity index (χ0n) is 11.1. The third-order valence-electron chi connectivity index (χ3n) is 2.87. The van der Waals surface area contributed by atoms with Crippen LogP contribution in [0.1, 0.15) is 16.1 Å². The monoisotopic (exact) mass is 364 g/mol. The van der Waals surface area contributed by atoms with E-state index in [2.05, 4.69) is 41.5 Å². The predicted molar refractivity (Wildman–Crippen MR) is 79.8 cm³/mol. The zero-order valence-corrected chi connectivity index (χ0v) is 12.7. The molecule has 3 aromatic rings. The number of aromatic nitrogens is 5. The van der Waals surface area contributed by atoms with Gasteiger partial charge >= 0.3 is 0 Å². The third-order valence-corrected chi connectivity index (χ3v) is 3.47. The molecule has 9 heteroatoms. The van der Waals surface area contributed by atoms with Crippen molar-refractivity contribution in [3.05, 3.63) is 58.3 Å². The fraction of sp³-hybridized carbons (Fsp3) is 0.0769. The lowest BCUT2D eigenvalue weighted by molar-refractivity contribution is 0.102. The number of benzene rings is 1. The first-order chi connectivity index (χ1) is 10.6. The maximum atomic E-state index is 13.6. The normalized spacial score (nSPS) is 10.6. The highest BCUT2D eigenvalue weighted by Gasteiger charge is 2.14. The standard InChI is InChI=1S/C13H10BrFN6O/c14-9-5-17-19-11(9)12(22)18-13-16-7-21(20-13)6-8-3-1-2-4-10(8)15/h1-5,7H,6H2,(H,17,19)(H,18,20,22). The summed E-state index contributed by atoms with van der Waals surface area (Å²) in [5.41, 5.74) is 0.757. The van der Waals surface area contributed by atoms with Crippen molar-refractivity contribution in [2.24, 2.45) is 0 Å². The van der Waals surface area contributed by atoms with Crippen LogP contribution < -0.4 is 5.32 Å². The van der Waals surface area contributed by atoms with Crippen LogP contribution >= 0.6 is 15.9 Å². The summed E-state index contributed by atoms with van der Waals surface area (Å²) in [6.45, 7) is 0.225. The summed E-state index contributed by atoms with van der Waals surface area (Å²) in [7, 11) is 0. The van der Waals surface area contributed by atoms with Gasteiger partial charge in [-0.3, -0.25) is 15.2 Å². The van der Waals surface area contributed by atoms with Crippen LogP contribution in [-0.2, 0) is 6.54 Å². The molecule has 1 aromatic carbocycles. The fourth-order valence-electron chi connectivity index (χ4n) is 1.82. The van der Waals surface area contributed by atoms with E-state index < -0.39 is 5.91 Å². The Hall–Kier alpha value is -2.55. The number of hydrogen-bond donors (Lipinski definition) is 2. The minimum absolute atomic E-state index is 0.128. The molecule has 0 aliphatic heterocycles. The summed E-state index contributed by atoms with van der Waals surface area (Å²) in [6, 6.07) is 6.41. The second kappa shape index (κ2) is 6.06. The van der Waals surface area contributed by atoms with Gasteiger partial charge in [-0.05, 0) is 22.0 Å². The van der Waals surface area contributed by atoms with Gasteiger partial charge in [0.2, 0.25) is 5.95 Å². The number of nitrogens with zero attached hydrogens (tertiary/aromatic N) is 4. The molecule has 0 bridgehead atoms. The first-order valence-corrected chi connectivity index (χ1v) is 7.06. The van der Waals surface area contributed by atoms with Gasteiger partial charge in [-0.25, -0.2) is 14.1 Å². The smallest absolute Gasteiger partial charge is 0.277 e. The predicted octanol–water partition coefficient (Wildman–Crippen LogP) is 2.20. The Morgan fingerprint density at radius 3 is 2.95 bits per heavy atom. The first-order valence-electron chi connectivity index (χ1n) is 6.26. The molecular formula is C13H10BrFN6O. The summed E-state index contributed by atoms with van der Waals surface area (Å²) < 4.78 is 15.6. The van der Waals surface area contributed by atoms with Gasteiger partial charge in [0, 0.05) is 5.56 Å². The van der Waals surface area contributed by atoms with Gasteiger partial charge in [-0.15, -0.1) is 5.10 Å². The van der Waals surface area contributed by atoms with Crippen molar-refractivity contribution in [2.75, 3.05) is 5.32 Å². The largest absolute Gasteiger partial charge is 0.288 e. The summed E-state index contributed by atoms with van der Waals surface area (Å²) in [5.74, 6) is -0.610. The molecular weight excluding hydrogens is 355 g/mol. The number of halogens is 2. The van der Waals surface area contributed by atoms with Crippen molar-refractivity contribution in [1.82, 2.24) is 25.0 Å². The van der Waals surface area contributed by atoms with Crippen LogP contribution in [0.15, 0.2) is 41.3 Å². The van der Waals surface area contributed by atoms with E-state index >= 15 is 0 Å². The van der Waals surface area contributed by atoms with Gasteiger partial charge in [0.05, 0.1) is 17.2 Å². The lowest BCUT2D eigenvalue weighted by Gasteiger charge is -2.02. The molecule has 3 rings (SSSR count). The minimum Gasteiger partial charge on any atom is -0.288 e. The SMILES string of the molecule is O=C(Nc1ncn(Cc2ccccc2F)n1)c1[nH]ncc1Br. The molecule has 0 fully saturated rings. The summed E-state index contributed by atoms with van der Waals surface area (Å²) in [6.07, 6.45) is 2.89. The Labute approximate surface area is 132 Å². The molecule has 1 amide bonds. The molecule has 2 heterocycles. The van der Waals surface area contributed by atoms with Gasteiger partial charge in [0.15, 0.2) is 0 Å². The quantitative estimate of drug-likeness (QED) is 0.742. The van der Waals surface area contributed by atoms with Crippen molar-refractivity contribution < 1.29 is 9.18 Å². The molecule has 22 heavy (non-hydrogen) atoms. The molecule has 7 nitrogen and oxygen atoms in total. The topological polar surface area (TPSA) is 88.5 Å². The van der Waals surface area contributed by atoms with Crippen molar-refractivity contribution >= 4 is 27.8 Å². The number of carbonyl (C=O) groups is 1. The van der Waals surface area contributed by atoms with Crippen molar-refractivity contribution in [2.45, 2.75) is 6.54 Å². The van der Waals surface area contributed by atoms with E-state index in [0.717, 1.165) is 0 Å². The van der Waals surface area contributed by atoms with Crippen molar-refractivity contribution in [3.8, 4) is 0 Å². The number of H-pyrrole nitrogens is 1. The average Bonchev–Trinajstić information content (AvgIpc) is 3.10. The van der Waals surface area contributed by atoms with Gasteiger partial charge in [0.25, 0.3) is 5.91 Å². The molecule has 0 radical (unpaired) electrons. The highest BCUT2D eigenvalue weighted by molar-refractivity contribution is 9.10. The van der Waals surface area contributed by atoms with Crippen LogP contribution in [0.2, 0.25) is 0 Å². The van der Waals surface area contributed by atoms with E-state index in [1.165, 1.54) is 23.3 Å². The van der Waals surface area contributed by atoms with E-state index in [4.69, 9.17) is 0 Å². The van der Waals surface area contributed by atoms with Crippen molar-refractivity contribution in [1.29, 1.82) is 0 Å². The maximum Gasteiger partial charge on any atom is 0.277 e. The van der Waals surface area contributed by atoms with Crippen LogP contribution in [0.5, 0.6) is 0 Å². The fourth-order valence-corrected chi connectivity index (χ4v) is 2.20. The van der Waals surface area contributed by atoms with E-state index in [1.54, 1.807) is 18.2 Å². The van der Waals surface area contributed by atoms with Gasteiger partial charge in [0.1, 0.15) is 17.8 Å². The lowest BCUT2D eigenvalue weighted by Crippen LogP contribution is -2.14. The van der Waals surface area contributed by atoms with Gasteiger partial charge in [-0.2, -0.15) is 5.10 Å². The van der Waals surface area contributed by atoms with Crippen LogP contribution in [-0.4, -0.2) is 30.9 Å². The van der Waals surface area contributed by atoms with E-state index in [9.17, 15) is 9.18 Å². The molecule has 2 N–H and O–H groups in total. The number of hydrogen-bond acceptors (Lipinski definition) is 4. The molecule has 0 aliphatic carbocycles. The first kappa shape index (κ1) is 14.4. The number of amides is 1. The number of carbonyl (C=O) groups excluding carboxylic acids is 1. The molecule has 0 aliphatic rings. The molecule has 0 saturated carbocycles. The summed E-state index contributed by atoms with van der Waals surface area (Å²) in [5, 5.41) is 12.9. The number of anilines is 1. The lowest BCUT2D eigenvalue weighted by atomic mass is 10.2. The number of nitrogens with one attached hydrogen (secondary N) is 2. The molecule has 0 saturated heterocycles. The van der Waals surface area contributed by atoms with Crippen molar-refractivity contribution in [3.63, 3.8) is 0 Å². The zero-order chi connectivity index (χ0) is 15.5. The summed E-state index contributed by atoms with van der Waals surface area (Å²) >= 11 is 3.20. The second-order valence-corrected chi connectivity index (χ2v) is 5.26. The Morgan fingerprint density at radius 2 is 2.23 bits per heavy atom. The second-order valence-electron chi connectivity index (χ2n) is 4.40. The Balaban J connectivity index is 1.70. The van der Waals surface area contributed by atoms with Crippen LogP contribution in [0, 0.1) is 5.82 Å². The summed E-state index contributed by atoms with van der Waals surface area (Å²) in [4.78, 5) is 15.9. The number of rotatable bonds is 4. The van der Waals surface area contributed by atoms with Gasteiger partial charge in [-0.1, -0.05) is 18.2 Å². The third kappa shape index (κ3) is 3.03. The van der Waals surface area contributed by atoms with E-state index in [-0.39, 0.29) is 24.0 Å². The Bertz CT molecular complexity index is 814. The maximum absolute atomic E-state index is 13.6. The van der Waals surface area contributed by atoms with Crippen LogP contribution in [0.25, 0.3) is 0 Å². The van der Waals surface area contributed by atoms with Crippen LogP contribution in [0.4, 0.5) is 10.3 Å². The molecule has 2 aromatic heterocycles. The Kier molecular flexibility index (Phi) is 3.96. The number of aromatic amines is 1. The molecule has 0 atom stereocenters. The highest BCUT2D eigenvalue weighted by atomic mass is 79.9. The molecule has 0 unspecified atom stereocenters. The van der Waals surface area contributed by atoms with Crippen LogP contribution in [0.3, 0.4) is 0 Å². The molecule has 112 valence electrons. The Morgan fingerprint density at radius 1 is 1.41 bits per heavy atom. The van der Waals surface area contributed by atoms with Gasteiger partial charge < -0.3 is 0 Å². The average molecular weight is 365 g/mol. The van der Waals surface area contributed by atoms with E-state index in [0.29, 0.717) is 10.0 Å². The van der Waals surface area contributed by atoms with E-state index in [1.807, 2.05) is 0 Å².